The lowest BCUT2D eigenvalue weighted by atomic mass is 9.86. The Morgan fingerprint density at radius 2 is 1.55 bits per heavy atom. The van der Waals surface area contributed by atoms with Gasteiger partial charge < -0.3 is 10.0 Å². The molecule has 206 valence electrons. The molecule has 0 spiro atoms. The van der Waals surface area contributed by atoms with Crippen LogP contribution in [-0.2, 0) is 22.3 Å². The molecule has 1 N–H and O–H groups in total. The summed E-state index contributed by atoms with van der Waals surface area (Å²) in [5.41, 5.74) is -2.07. The predicted molar refractivity (Wildman–Crippen MR) is 124 cm³/mol. The van der Waals surface area contributed by atoms with Gasteiger partial charge in [0, 0.05) is 18.5 Å². The normalized spacial score (nSPS) is 20.4. The summed E-state index contributed by atoms with van der Waals surface area (Å²) >= 11 is 0. The van der Waals surface area contributed by atoms with Gasteiger partial charge in [0.2, 0.25) is 0 Å². The zero-order valence-corrected chi connectivity index (χ0v) is 20.5. The van der Waals surface area contributed by atoms with Crippen molar-refractivity contribution in [1.82, 2.24) is 14.7 Å². The Balaban J connectivity index is 1.66. The Labute approximate surface area is 215 Å². The molecule has 2 aliphatic carbocycles. The summed E-state index contributed by atoms with van der Waals surface area (Å²) in [7, 11) is 0. The van der Waals surface area contributed by atoms with E-state index < -0.39 is 66.0 Å². The van der Waals surface area contributed by atoms with Gasteiger partial charge in [-0.2, -0.15) is 18.3 Å². The van der Waals surface area contributed by atoms with Gasteiger partial charge >= 0.3 is 12.1 Å². The van der Waals surface area contributed by atoms with Gasteiger partial charge in [0.25, 0.3) is 5.91 Å². The van der Waals surface area contributed by atoms with Gasteiger partial charge in [-0.25, -0.2) is 8.78 Å². The highest BCUT2D eigenvalue weighted by atomic mass is 19.4. The molecule has 2 aromatic rings. The zero-order valence-electron chi connectivity index (χ0n) is 20.5. The summed E-state index contributed by atoms with van der Waals surface area (Å²) in [6, 6.07) is 1.79. The van der Waals surface area contributed by atoms with Crippen LogP contribution in [0.2, 0.25) is 0 Å². The molecule has 1 aromatic heterocycles. The van der Waals surface area contributed by atoms with Crippen molar-refractivity contribution in [3.63, 3.8) is 0 Å². The third-order valence-electron chi connectivity index (χ3n) is 7.43. The molecular formula is C26H28F5N3O4. The second-order valence-electron chi connectivity index (χ2n) is 10.1. The lowest BCUT2D eigenvalue weighted by Crippen LogP contribution is -2.38. The van der Waals surface area contributed by atoms with Crippen molar-refractivity contribution in [3.8, 4) is 0 Å². The zero-order chi connectivity index (χ0) is 27.6. The van der Waals surface area contributed by atoms with Crippen LogP contribution >= 0.6 is 0 Å². The maximum absolute atomic E-state index is 14.3. The third kappa shape index (κ3) is 6.21. The number of rotatable bonds is 8. The minimum absolute atomic E-state index is 0.0111. The first-order valence-electron chi connectivity index (χ1n) is 12.6. The highest BCUT2D eigenvalue weighted by Crippen LogP contribution is 2.39. The van der Waals surface area contributed by atoms with E-state index in [1.54, 1.807) is 0 Å². The average Bonchev–Trinajstić information content (AvgIpc) is 3.53. The van der Waals surface area contributed by atoms with Crippen molar-refractivity contribution in [2.75, 3.05) is 6.54 Å². The van der Waals surface area contributed by atoms with Crippen LogP contribution in [0.15, 0.2) is 24.4 Å². The lowest BCUT2D eigenvalue weighted by Gasteiger charge is -2.28. The van der Waals surface area contributed by atoms with E-state index in [4.69, 9.17) is 0 Å². The summed E-state index contributed by atoms with van der Waals surface area (Å²) in [5, 5.41) is 13.1. The number of nitrogens with zero attached hydrogens (tertiary/aromatic N) is 3. The Hall–Kier alpha value is -3.31. The first-order valence-corrected chi connectivity index (χ1v) is 12.6. The van der Waals surface area contributed by atoms with Crippen LogP contribution in [0.3, 0.4) is 0 Å². The number of carboxylic acid groups (broad SMARTS) is 1. The molecule has 2 fully saturated rings. The van der Waals surface area contributed by atoms with Crippen molar-refractivity contribution in [1.29, 1.82) is 0 Å². The monoisotopic (exact) mass is 541 g/mol. The number of ketones is 1. The maximum atomic E-state index is 14.3. The van der Waals surface area contributed by atoms with Gasteiger partial charge in [-0.15, -0.1) is 0 Å². The summed E-state index contributed by atoms with van der Waals surface area (Å²) in [4.78, 5) is 38.6. The van der Waals surface area contributed by atoms with Crippen molar-refractivity contribution in [2.45, 2.75) is 70.1 Å². The second-order valence-corrected chi connectivity index (χ2v) is 10.1. The number of carbonyl (C=O) groups excluding carboxylic acids is 2. The molecule has 1 aromatic carbocycles. The minimum Gasteiger partial charge on any atom is -0.481 e. The van der Waals surface area contributed by atoms with Crippen molar-refractivity contribution in [3.05, 3.63) is 52.9 Å². The Kier molecular flexibility index (Phi) is 8.17. The van der Waals surface area contributed by atoms with Gasteiger partial charge in [0.15, 0.2) is 11.5 Å². The Morgan fingerprint density at radius 1 is 0.947 bits per heavy atom. The van der Waals surface area contributed by atoms with E-state index in [1.165, 1.54) is 0 Å². The standard InChI is InChI=1S/C26H28F5N3O4/c27-18-9-15(10-19(28)11-18)13-33(14-22(35)16-3-1-2-4-16)24(36)21-12-32-34(23(21)26(29,30)31)20-7-5-17(6-8-20)25(37)38/h9-12,16-17,20H,1-8,13-14H2,(H,37,38). The van der Waals surface area contributed by atoms with Crippen LogP contribution in [0.4, 0.5) is 22.0 Å². The maximum Gasteiger partial charge on any atom is 0.433 e. The number of carbonyl (C=O) groups is 3. The van der Waals surface area contributed by atoms with E-state index in [0.29, 0.717) is 18.9 Å². The SMILES string of the molecule is O=C(O)C1CCC(n2ncc(C(=O)N(CC(=O)C3CCCC3)Cc3cc(F)cc(F)c3)c2C(F)(F)F)CC1. The molecule has 38 heavy (non-hydrogen) atoms. The van der Waals surface area contributed by atoms with Gasteiger partial charge in [-0.3, -0.25) is 19.1 Å². The van der Waals surface area contributed by atoms with E-state index >= 15 is 0 Å². The van der Waals surface area contributed by atoms with E-state index in [1.807, 2.05) is 0 Å². The number of benzene rings is 1. The van der Waals surface area contributed by atoms with E-state index in [-0.39, 0.29) is 42.9 Å². The number of Topliss-reactive ketones (excluding diaryl/α,β-unsaturated/α-hetero) is 1. The van der Waals surface area contributed by atoms with Gasteiger partial charge in [0.1, 0.15) is 11.6 Å². The second kappa shape index (κ2) is 11.2. The molecule has 0 unspecified atom stereocenters. The smallest absolute Gasteiger partial charge is 0.433 e. The molecule has 0 bridgehead atoms. The van der Waals surface area contributed by atoms with Crippen molar-refractivity contribution < 1.29 is 41.4 Å². The van der Waals surface area contributed by atoms with Crippen LogP contribution in [0.5, 0.6) is 0 Å². The summed E-state index contributed by atoms with van der Waals surface area (Å²) < 4.78 is 71.2. The van der Waals surface area contributed by atoms with E-state index in [9.17, 15) is 41.4 Å². The number of aromatic nitrogens is 2. The molecule has 0 atom stereocenters. The van der Waals surface area contributed by atoms with Gasteiger partial charge in [-0.1, -0.05) is 12.8 Å². The highest BCUT2D eigenvalue weighted by Gasteiger charge is 2.43. The summed E-state index contributed by atoms with van der Waals surface area (Å²) in [5.74, 6) is -5.28. The molecule has 2 aliphatic rings. The number of hydrogen-bond donors (Lipinski definition) is 1. The van der Waals surface area contributed by atoms with Crippen LogP contribution < -0.4 is 0 Å². The summed E-state index contributed by atoms with van der Waals surface area (Å²) in [6.07, 6.45) is -0.667. The molecular weight excluding hydrogens is 513 g/mol. The van der Waals surface area contributed by atoms with Crippen LogP contribution in [0, 0.1) is 23.5 Å². The van der Waals surface area contributed by atoms with Crippen LogP contribution in [0.1, 0.15) is 79.0 Å². The molecule has 1 amide bonds. The van der Waals surface area contributed by atoms with Crippen LogP contribution in [-0.4, -0.2) is 44.0 Å². The number of alkyl halides is 3. The molecule has 2 saturated carbocycles. The molecule has 7 nitrogen and oxygen atoms in total. The largest absolute Gasteiger partial charge is 0.481 e. The fourth-order valence-electron chi connectivity index (χ4n) is 5.50. The van der Waals surface area contributed by atoms with E-state index in [2.05, 4.69) is 5.10 Å². The lowest BCUT2D eigenvalue weighted by molar-refractivity contribution is -0.147. The molecule has 4 rings (SSSR count). The topological polar surface area (TPSA) is 92.5 Å². The Bertz CT molecular complexity index is 1180. The number of aliphatic carboxylic acids is 1. The number of hydrogen-bond acceptors (Lipinski definition) is 4. The highest BCUT2D eigenvalue weighted by molar-refractivity contribution is 5.98. The van der Waals surface area contributed by atoms with Gasteiger partial charge in [0.05, 0.1) is 30.3 Å². The van der Waals surface area contributed by atoms with Crippen LogP contribution in [0.25, 0.3) is 0 Å². The first-order chi connectivity index (χ1) is 17.9. The number of halogens is 5. The van der Waals surface area contributed by atoms with Crippen molar-refractivity contribution in [2.24, 2.45) is 11.8 Å². The molecule has 0 saturated heterocycles. The molecule has 1 heterocycles. The third-order valence-corrected chi connectivity index (χ3v) is 7.43. The first kappa shape index (κ1) is 27.7. The Morgan fingerprint density at radius 3 is 2.11 bits per heavy atom. The van der Waals surface area contributed by atoms with Gasteiger partial charge in [-0.05, 0) is 56.2 Å². The molecule has 12 heteroatoms. The predicted octanol–water partition coefficient (Wildman–Crippen LogP) is 5.40. The van der Waals surface area contributed by atoms with Crippen molar-refractivity contribution >= 4 is 17.7 Å². The summed E-state index contributed by atoms with van der Waals surface area (Å²) in [6.45, 7) is -0.980. The number of amides is 1. The number of carboxylic acids is 1. The molecule has 0 radical (unpaired) electrons. The minimum atomic E-state index is -4.97. The average molecular weight is 542 g/mol. The quantitative estimate of drug-likeness (QED) is 0.452. The van der Waals surface area contributed by atoms with E-state index in [0.717, 1.165) is 40.8 Å². The molecule has 0 aliphatic heterocycles. The fourth-order valence-corrected chi connectivity index (χ4v) is 5.50. The fraction of sp³-hybridized carbons (Fsp3) is 0.538.